The van der Waals surface area contributed by atoms with Gasteiger partial charge in [-0.3, -0.25) is 4.90 Å². The van der Waals surface area contributed by atoms with Crippen molar-refractivity contribution in [3.05, 3.63) is 71.8 Å². The largest absolute Gasteiger partial charge is 0.378 e. The van der Waals surface area contributed by atoms with E-state index in [1.54, 1.807) is 0 Å². The van der Waals surface area contributed by atoms with E-state index in [9.17, 15) is 10.2 Å². The van der Waals surface area contributed by atoms with Gasteiger partial charge in [0.1, 0.15) is 12.5 Å². The lowest BCUT2D eigenvalue weighted by Gasteiger charge is -2.32. The zero-order valence-corrected chi connectivity index (χ0v) is 26.5. The van der Waals surface area contributed by atoms with Gasteiger partial charge in [0.15, 0.2) is 0 Å². The Bertz CT molecular complexity index is 764. The molecule has 0 spiro atoms. The van der Waals surface area contributed by atoms with Gasteiger partial charge in [0, 0.05) is 19.4 Å². The maximum absolute atomic E-state index is 11.0. The van der Waals surface area contributed by atoms with Crippen molar-refractivity contribution in [2.75, 3.05) is 6.54 Å². The van der Waals surface area contributed by atoms with Crippen LogP contribution in [0.15, 0.2) is 60.7 Å². The maximum atomic E-state index is 11.0. The van der Waals surface area contributed by atoms with Gasteiger partial charge in [0.2, 0.25) is 0 Å². The summed E-state index contributed by atoms with van der Waals surface area (Å²) >= 11 is 0. The Balaban J connectivity index is 1.49. The molecule has 3 nitrogen and oxygen atoms in total. The lowest BCUT2D eigenvalue weighted by molar-refractivity contribution is -0.101. The highest BCUT2D eigenvalue weighted by molar-refractivity contribution is 5.16. The van der Waals surface area contributed by atoms with Crippen LogP contribution in [0.4, 0.5) is 0 Å². The van der Waals surface area contributed by atoms with Gasteiger partial charge in [-0.05, 0) is 17.5 Å². The summed E-state index contributed by atoms with van der Waals surface area (Å²) in [6, 6.07) is 20.2. The molecule has 0 aliphatic rings. The van der Waals surface area contributed by atoms with Crippen molar-refractivity contribution in [2.24, 2.45) is 0 Å². The molecule has 2 aromatic rings. The van der Waals surface area contributed by atoms with Gasteiger partial charge >= 0.3 is 0 Å². The summed E-state index contributed by atoms with van der Waals surface area (Å²) in [4.78, 5) is 1.90. The molecule has 0 bridgehead atoms. The number of aliphatic hydroxyl groups excluding tert-OH is 2. The number of aliphatic hydroxyl groups is 2. The Kier molecular flexibility index (Phi) is 21.5. The van der Waals surface area contributed by atoms with E-state index in [1.807, 2.05) is 65.6 Å². The molecule has 2 N–H and O–H groups in total. The minimum Gasteiger partial charge on any atom is -0.378 e. The minimum absolute atomic E-state index is 0.534. The van der Waals surface area contributed by atoms with Crippen LogP contribution in [-0.4, -0.2) is 34.1 Å². The normalized spacial score (nSPS) is 13.1. The van der Waals surface area contributed by atoms with Crippen LogP contribution in [0.5, 0.6) is 0 Å². The number of hydrogen-bond donors (Lipinski definition) is 2. The van der Waals surface area contributed by atoms with Gasteiger partial charge in [-0.15, -0.1) is 0 Å². The molecule has 0 fully saturated rings. The first-order valence-corrected chi connectivity index (χ1v) is 17.4. The standard InChI is InChI=1S/C38H63NO2/c1-2-3-4-5-6-7-8-9-10-11-12-13-14-15-16-17-18-19-20-27-32-39(37(40)33-35-28-23-21-24-29-35)38(41)34-36-30-25-22-26-31-36/h21-26,28-31,37-38,40-41H,2-20,27,32-34H2,1H3. The molecule has 0 heterocycles. The molecule has 0 saturated heterocycles. The number of nitrogens with zero attached hydrogens (tertiary/aromatic N) is 1. The number of benzene rings is 2. The second-order valence-corrected chi connectivity index (χ2v) is 12.3. The van der Waals surface area contributed by atoms with Crippen LogP contribution in [0.25, 0.3) is 0 Å². The summed E-state index contributed by atoms with van der Waals surface area (Å²) in [6.45, 7) is 3.02. The highest BCUT2D eigenvalue weighted by Crippen LogP contribution is 2.17. The van der Waals surface area contributed by atoms with Crippen LogP contribution in [0, 0.1) is 0 Å². The summed E-state index contributed by atoms with van der Waals surface area (Å²) in [5.41, 5.74) is 2.20. The van der Waals surface area contributed by atoms with Crippen LogP contribution < -0.4 is 0 Å². The maximum Gasteiger partial charge on any atom is 0.113 e. The van der Waals surface area contributed by atoms with E-state index >= 15 is 0 Å². The van der Waals surface area contributed by atoms with Crippen molar-refractivity contribution < 1.29 is 10.2 Å². The van der Waals surface area contributed by atoms with Crippen molar-refractivity contribution >= 4 is 0 Å². The van der Waals surface area contributed by atoms with Crippen LogP contribution in [-0.2, 0) is 12.8 Å². The second-order valence-electron chi connectivity index (χ2n) is 12.3. The first kappa shape index (κ1) is 35.5. The molecule has 0 amide bonds. The zero-order chi connectivity index (χ0) is 29.2. The molecule has 0 saturated carbocycles. The fourth-order valence-corrected chi connectivity index (χ4v) is 5.93. The van der Waals surface area contributed by atoms with Crippen LogP contribution in [0.3, 0.4) is 0 Å². The van der Waals surface area contributed by atoms with Crippen molar-refractivity contribution in [1.29, 1.82) is 0 Å². The molecule has 41 heavy (non-hydrogen) atoms. The van der Waals surface area contributed by atoms with Crippen molar-refractivity contribution in [3.63, 3.8) is 0 Å². The molecule has 0 radical (unpaired) electrons. The summed E-state index contributed by atoms with van der Waals surface area (Å²) in [6.07, 6.45) is 27.1. The quantitative estimate of drug-likeness (QED) is 0.0836. The topological polar surface area (TPSA) is 43.7 Å². The van der Waals surface area contributed by atoms with Gasteiger partial charge in [-0.25, -0.2) is 0 Å². The van der Waals surface area contributed by atoms with Crippen LogP contribution in [0.2, 0.25) is 0 Å². The SMILES string of the molecule is CCCCCCCCCCCCCCCCCCCCCCN(C(O)Cc1ccccc1)C(O)Cc1ccccc1. The number of rotatable bonds is 27. The zero-order valence-electron chi connectivity index (χ0n) is 26.5. The van der Waals surface area contributed by atoms with Crippen LogP contribution >= 0.6 is 0 Å². The van der Waals surface area contributed by atoms with Crippen molar-refractivity contribution in [1.82, 2.24) is 4.90 Å². The molecule has 232 valence electrons. The fourth-order valence-electron chi connectivity index (χ4n) is 5.93. The van der Waals surface area contributed by atoms with E-state index in [0.29, 0.717) is 12.8 Å². The summed E-state index contributed by atoms with van der Waals surface area (Å²) in [5.74, 6) is 0. The van der Waals surface area contributed by atoms with E-state index in [1.165, 1.54) is 116 Å². The van der Waals surface area contributed by atoms with Crippen LogP contribution in [0.1, 0.15) is 146 Å². The Labute approximate surface area is 253 Å². The Hall–Kier alpha value is -1.68. The Morgan fingerprint density at radius 2 is 0.732 bits per heavy atom. The number of hydrogen-bond acceptors (Lipinski definition) is 3. The molecule has 2 unspecified atom stereocenters. The van der Waals surface area contributed by atoms with Gasteiger partial charge in [-0.1, -0.05) is 190 Å². The fraction of sp³-hybridized carbons (Fsp3) is 0.684. The van der Waals surface area contributed by atoms with E-state index in [4.69, 9.17) is 0 Å². The van der Waals surface area contributed by atoms with Gasteiger partial charge in [-0.2, -0.15) is 0 Å². The first-order chi connectivity index (χ1) is 20.2. The smallest absolute Gasteiger partial charge is 0.113 e. The Morgan fingerprint density at radius 3 is 1.05 bits per heavy atom. The Morgan fingerprint density at radius 1 is 0.439 bits per heavy atom. The third kappa shape index (κ3) is 18.5. The van der Waals surface area contributed by atoms with E-state index < -0.39 is 12.5 Å². The molecule has 0 aromatic heterocycles. The molecule has 0 aliphatic heterocycles. The highest BCUT2D eigenvalue weighted by Gasteiger charge is 2.23. The van der Waals surface area contributed by atoms with Crippen molar-refractivity contribution in [2.45, 2.75) is 161 Å². The first-order valence-electron chi connectivity index (χ1n) is 17.4. The summed E-state index contributed by atoms with van der Waals surface area (Å²) in [7, 11) is 0. The van der Waals surface area contributed by atoms with E-state index in [0.717, 1.165) is 30.5 Å². The molecule has 0 aliphatic carbocycles. The average molecular weight is 566 g/mol. The third-order valence-corrected chi connectivity index (χ3v) is 8.56. The lowest BCUT2D eigenvalue weighted by Crippen LogP contribution is -2.46. The van der Waals surface area contributed by atoms with Crippen molar-refractivity contribution in [3.8, 4) is 0 Å². The molecular formula is C38H63NO2. The highest BCUT2D eigenvalue weighted by atomic mass is 16.3. The predicted octanol–water partition coefficient (Wildman–Crippen LogP) is 10.2. The average Bonchev–Trinajstić information content (AvgIpc) is 2.99. The molecule has 3 heteroatoms. The van der Waals surface area contributed by atoms with E-state index in [2.05, 4.69) is 6.92 Å². The molecule has 2 rings (SSSR count). The van der Waals surface area contributed by atoms with Gasteiger partial charge in [0.25, 0.3) is 0 Å². The van der Waals surface area contributed by atoms with Gasteiger partial charge < -0.3 is 10.2 Å². The minimum atomic E-state index is -0.684. The predicted molar refractivity (Wildman–Crippen MR) is 177 cm³/mol. The summed E-state index contributed by atoms with van der Waals surface area (Å²) < 4.78 is 0. The molecule has 2 aromatic carbocycles. The van der Waals surface area contributed by atoms with Gasteiger partial charge in [0.05, 0.1) is 0 Å². The third-order valence-electron chi connectivity index (χ3n) is 8.56. The molecule has 2 atom stereocenters. The number of unbranched alkanes of at least 4 members (excludes halogenated alkanes) is 19. The lowest BCUT2D eigenvalue weighted by atomic mass is 10.0. The van der Waals surface area contributed by atoms with E-state index in [-0.39, 0.29) is 0 Å². The molecular weight excluding hydrogens is 502 g/mol. The monoisotopic (exact) mass is 565 g/mol. The summed E-state index contributed by atoms with van der Waals surface area (Å²) in [5, 5.41) is 22.1. The second kappa shape index (κ2) is 24.9.